The van der Waals surface area contributed by atoms with Crippen molar-refractivity contribution in [3.8, 4) is 11.1 Å². The van der Waals surface area contributed by atoms with Crippen LogP contribution >= 0.6 is 11.3 Å². The first-order valence-electron chi connectivity index (χ1n) is 11.1. The van der Waals surface area contributed by atoms with Crippen LogP contribution < -0.4 is 21.9 Å². The first-order chi connectivity index (χ1) is 16.5. The van der Waals surface area contributed by atoms with E-state index < -0.39 is 11.2 Å². The van der Waals surface area contributed by atoms with Gasteiger partial charge in [-0.2, -0.15) is 0 Å². The van der Waals surface area contributed by atoms with Crippen molar-refractivity contribution in [1.82, 2.24) is 9.55 Å². The third kappa shape index (κ3) is 4.72. The minimum Gasteiger partial charge on any atom is -0.383 e. The molecule has 2 aromatic heterocycles. The van der Waals surface area contributed by atoms with E-state index in [4.69, 9.17) is 5.73 Å². The number of thiophene rings is 1. The second-order valence-corrected chi connectivity index (χ2v) is 8.82. The Bertz CT molecular complexity index is 1390. The highest BCUT2D eigenvalue weighted by atomic mass is 32.1. The number of anilines is 2. The molecule has 3 N–H and O–H groups in total. The van der Waals surface area contributed by atoms with Gasteiger partial charge in [-0.25, -0.2) is 4.79 Å². The van der Waals surface area contributed by atoms with Crippen LogP contribution in [0.15, 0.2) is 81.7 Å². The lowest BCUT2D eigenvalue weighted by atomic mass is 10.1. The van der Waals surface area contributed by atoms with Crippen molar-refractivity contribution < 1.29 is 4.79 Å². The number of aromatic amines is 1. The zero-order valence-corrected chi connectivity index (χ0v) is 19.7. The van der Waals surface area contributed by atoms with E-state index in [0.717, 1.165) is 23.1 Å². The summed E-state index contributed by atoms with van der Waals surface area (Å²) in [5.74, 6) is -0.361. The lowest BCUT2D eigenvalue weighted by Crippen LogP contribution is -2.40. The molecule has 0 bridgehead atoms. The van der Waals surface area contributed by atoms with Crippen molar-refractivity contribution in [2.75, 3.05) is 10.6 Å². The Morgan fingerprint density at radius 1 is 1.03 bits per heavy atom. The molecule has 0 aliphatic rings. The monoisotopic (exact) mass is 474 g/mol. The smallest absolute Gasteiger partial charge is 0.330 e. The maximum atomic E-state index is 14.0. The van der Waals surface area contributed by atoms with Crippen LogP contribution in [0.4, 0.5) is 11.5 Å². The number of hydrogen-bond acceptors (Lipinski definition) is 5. The van der Waals surface area contributed by atoms with Crippen molar-refractivity contribution in [3.63, 3.8) is 0 Å². The van der Waals surface area contributed by atoms with Gasteiger partial charge >= 0.3 is 5.69 Å². The molecule has 2 heterocycles. The topological polar surface area (TPSA) is 101 Å². The quantitative estimate of drug-likeness (QED) is 0.393. The number of carbonyl (C=O) groups excluding carboxylic acids is 1. The van der Waals surface area contributed by atoms with Gasteiger partial charge in [0.25, 0.3) is 11.5 Å². The number of unbranched alkanes of at least 4 members (excludes halogenated alkanes) is 1. The highest BCUT2D eigenvalue weighted by molar-refractivity contribution is 7.12. The molecule has 0 unspecified atom stereocenters. The molecule has 174 valence electrons. The second-order valence-electron chi connectivity index (χ2n) is 7.90. The second kappa shape index (κ2) is 10.4. The summed E-state index contributed by atoms with van der Waals surface area (Å²) < 4.78 is 1.33. The summed E-state index contributed by atoms with van der Waals surface area (Å²) >= 11 is 1.31. The van der Waals surface area contributed by atoms with Gasteiger partial charge in [-0.1, -0.05) is 74.0 Å². The lowest BCUT2D eigenvalue weighted by molar-refractivity contribution is 0.0989. The van der Waals surface area contributed by atoms with E-state index in [1.807, 2.05) is 79.0 Å². The van der Waals surface area contributed by atoms with Crippen molar-refractivity contribution in [3.05, 3.63) is 103 Å². The normalized spacial score (nSPS) is 10.9. The Hall–Kier alpha value is -3.91. The molecule has 0 saturated heterocycles. The summed E-state index contributed by atoms with van der Waals surface area (Å²) in [6.45, 7) is 2.48. The number of nitrogen functional groups attached to an aromatic ring is 1. The SMILES string of the molecule is CCCCn1c(N)c(N(Cc2ccccc2)C(=O)c2sccc2-c2ccccc2)c(=O)[nH]c1=O. The molecule has 0 fully saturated rings. The largest absolute Gasteiger partial charge is 0.383 e. The van der Waals surface area contributed by atoms with Crippen molar-refractivity contribution in [1.29, 1.82) is 0 Å². The predicted molar refractivity (Wildman–Crippen MR) is 137 cm³/mol. The van der Waals surface area contributed by atoms with E-state index in [-0.39, 0.29) is 24.0 Å². The predicted octanol–water partition coefficient (Wildman–Crippen LogP) is 4.49. The molecule has 0 saturated carbocycles. The Kier molecular flexibility index (Phi) is 7.08. The molecule has 0 aliphatic heterocycles. The van der Waals surface area contributed by atoms with Crippen molar-refractivity contribution >= 4 is 28.7 Å². The minimum atomic E-state index is -0.683. The first-order valence-corrected chi connectivity index (χ1v) is 12.0. The molecule has 4 rings (SSSR count). The fraction of sp³-hybridized carbons (Fsp3) is 0.192. The van der Waals surface area contributed by atoms with Crippen LogP contribution in [0, 0.1) is 0 Å². The molecule has 0 spiro atoms. The molecule has 7 nitrogen and oxygen atoms in total. The van der Waals surface area contributed by atoms with Crippen LogP contribution in [-0.4, -0.2) is 15.5 Å². The van der Waals surface area contributed by atoms with Gasteiger partial charge in [-0.3, -0.25) is 24.0 Å². The van der Waals surface area contributed by atoms with E-state index in [1.54, 1.807) is 0 Å². The van der Waals surface area contributed by atoms with Crippen LogP contribution in [0.5, 0.6) is 0 Å². The van der Waals surface area contributed by atoms with Gasteiger partial charge in [0.15, 0.2) is 5.69 Å². The maximum Gasteiger partial charge on any atom is 0.330 e. The number of nitrogens with two attached hydrogens (primary N) is 1. The van der Waals surface area contributed by atoms with E-state index in [2.05, 4.69) is 4.98 Å². The molecule has 0 radical (unpaired) electrons. The van der Waals surface area contributed by atoms with Crippen LogP contribution in [0.3, 0.4) is 0 Å². The van der Waals surface area contributed by atoms with Gasteiger partial charge in [0.2, 0.25) is 0 Å². The zero-order chi connectivity index (χ0) is 24.1. The van der Waals surface area contributed by atoms with E-state index in [9.17, 15) is 14.4 Å². The first kappa shape index (κ1) is 23.3. The number of amides is 1. The van der Waals surface area contributed by atoms with Crippen molar-refractivity contribution in [2.45, 2.75) is 32.9 Å². The average Bonchev–Trinajstić information content (AvgIpc) is 3.34. The molecule has 0 aliphatic carbocycles. The molecule has 4 aromatic rings. The average molecular weight is 475 g/mol. The highest BCUT2D eigenvalue weighted by Gasteiger charge is 2.28. The van der Waals surface area contributed by atoms with Crippen LogP contribution in [-0.2, 0) is 13.1 Å². The fourth-order valence-electron chi connectivity index (χ4n) is 3.84. The van der Waals surface area contributed by atoms with Gasteiger partial charge in [0.1, 0.15) is 10.7 Å². The van der Waals surface area contributed by atoms with Gasteiger partial charge in [-0.05, 0) is 29.0 Å². The van der Waals surface area contributed by atoms with Crippen LogP contribution in [0.25, 0.3) is 11.1 Å². The van der Waals surface area contributed by atoms with Crippen molar-refractivity contribution in [2.24, 2.45) is 0 Å². The molecule has 34 heavy (non-hydrogen) atoms. The number of hydrogen-bond donors (Lipinski definition) is 2. The van der Waals surface area contributed by atoms with E-state index >= 15 is 0 Å². The lowest BCUT2D eigenvalue weighted by Gasteiger charge is -2.25. The van der Waals surface area contributed by atoms with Gasteiger partial charge in [0.05, 0.1) is 6.54 Å². The summed E-state index contributed by atoms with van der Waals surface area (Å²) in [6, 6.07) is 20.9. The van der Waals surface area contributed by atoms with Crippen LogP contribution in [0.1, 0.15) is 35.0 Å². The van der Waals surface area contributed by atoms with Gasteiger partial charge in [0, 0.05) is 12.1 Å². The Balaban J connectivity index is 1.86. The number of carbonyl (C=O) groups is 1. The maximum absolute atomic E-state index is 14.0. The fourth-order valence-corrected chi connectivity index (χ4v) is 4.70. The Labute approximate surface area is 201 Å². The van der Waals surface area contributed by atoms with Crippen LogP contribution in [0.2, 0.25) is 0 Å². The molecule has 2 aromatic carbocycles. The minimum absolute atomic E-state index is 0.00991. The number of rotatable bonds is 8. The summed E-state index contributed by atoms with van der Waals surface area (Å²) in [7, 11) is 0. The number of nitrogens with zero attached hydrogens (tertiary/aromatic N) is 2. The third-order valence-electron chi connectivity index (χ3n) is 5.59. The third-order valence-corrected chi connectivity index (χ3v) is 6.49. The number of H-pyrrole nitrogens is 1. The Morgan fingerprint density at radius 2 is 1.71 bits per heavy atom. The van der Waals surface area contributed by atoms with Gasteiger partial charge < -0.3 is 5.73 Å². The molecule has 8 heteroatoms. The van der Waals surface area contributed by atoms with Gasteiger partial charge in [-0.15, -0.1) is 11.3 Å². The molecule has 1 amide bonds. The standard InChI is InChI=1S/C26H26N4O3S/c1-2-3-15-29-23(27)21(24(31)28-26(29)33)30(17-18-10-6-4-7-11-18)25(32)22-20(14-16-34-22)19-12-8-5-9-13-19/h4-14,16H,2-3,15,17,27H2,1H3,(H,28,31,33). The summed E-state index contributed by atoms with van der Waals surface area (Å²) in [6.07, 6.45) is 1.56. The summed E-state index contributed by atoms with van der Waals surface area (Å²) in [5.41, 5.74) is 7.61. The number of nitrogens with one attached hydrogen (secondary N) is 1. The molecular weight excluding hydrogens is 448 g/mol. The molecule has 0 atom stereocenters. The zero-order valence-electron chi connectivity index (χ0n) is 18.9. The highest BCUT2D eigenvalue weighted by Crippen LogP contribution is 2.31. The number of benzene rings is 2. The summed E-state index contributed by atoms with van der Waals surface area (Å²) in [4.78, 5) is 43.7. The Morgan fingerprint density at radius 3 is 2.38 bits per heavy atom. The molecular formula is C26H26N4O3S. The van der Waals surface area contributed by atoms with E-state index in [0.29, 0.717) is 17.8 Å². The number of aromatic nitrogens is 2. The summed E-state index contributed by atoms with van der Waals surface area (Å²) in [5, 5.41) is 1.85. The van der Waals surface area contributed by atoms with E-state index in [1.165, 1.54) is 20.8 Å².